The van der Waals surface area contributed by atoms with Crippen LogP contribution in [0.15, 0.2) is 79.3 Å². The number of benzene rings is 2. The summed E-state index contributed by atoms with van der Waals surface area (Å²) in [6.45, 7) is 6.41. The largest absolute Gasteiger partial charge is 0.507 e. The summed E-state index contributed by atoms with van der Waals surface area (Å²) in [4.78, 5) is 13.3. The zero-order valence-electron chi connectivity index (χ0n) is 17.2. The molecule has 0 unspecified atom stereocenters. The van der Waals surface area contributed by atoms with Crippen LogP contribution in [-0.2, 0) is 5.41 Å². The summed E-state index contributed by atoms with van der Waals surface area (Å²) in [6, 6.07) is 18.8. The van der Waals surface area contributed by atoms with Crippen molar-refractivity contribution in [3.63, 3.8) is 0 Å². The Morgan fingerprint density at radius 1 is 0.867 bits per heavy atom. The molecule has 0 saturated heterocycles. The number of aromatic hydroxyl groups is 1. The summed E-state index contributed by atoms with van der Waals surface area (Å²) in [7, 11) is 0. The quantitative estimate of drug-likeness (QED) is 0.457. The van der Waals surface area contributed by atoms with Crippen LogP contribution in [0.25, 0.3) is 22.5 Å². The normalized spacial score (nSPS) is 11.3. The maximum absolute atomic E-state index is 10.4. The minimum Gasteiger partial charge on any atom is -0.507 e. The summed E-state index contributed by atoms with van der Waals surface area (Å²) in [6.07, 6.45) is 5.06. The van der Waals surface area contributed by atoms with Gasteiger partial charge in [0.05, 0.1) is 23.8 Å². The molecule has 0 fully saturated rings. The third-order valence-corrected chi connectivity index (χ3v) is 4.76. The molecule has 0 spiro atoms. The molecule has 0 aliphatic heterocycles. The van der Waals surface area contributed by atoms with Crippen molar-refractivity contribution in [3.8, 4) is 39.9 Å². The van der Waals surface area contributed by atoms with Crippen molar-refractivity contribution in [3.05, 3.63) is 84.8 Å². The molecule has 5 heteroatoms. The first kappa shape index (κ1) is 19.6. The number of nitrogens with zero attached hydrogens (tertiary/aromatic N) is 3. The molecule has 150 valence electrons. The van der Waals surface area contributed by atoms with Crippen LogP contribution in [-0.4, -0.2) is 20.1 Å². The van der Waals surface area contributed by atoms with E-state index in [1.807, 2.05) is 48.5 Å². The number of hydrogen-bond donors (Lipinski definition) is 1. The van der Waals surface area contributed by atoms with E-state index in [4.69, 9.17) is 9.72 Å². The molecule has 0 amide bonds. The number of pyridine rings is 1. The Morgan fingerprint density at radius 2 is 1.70 bits per heavy atom. The molecule has 0 aliphatic rings. The fourth-order valence-electron chi connectivity index (χ4n) is 3.09. The topological polar surface area (TPSA) is 68.1 Å². The van der Waals surface area contributed by atoms with E-state index in [2.05, 4.69) is 30.7 Å². The number of rotatable bonds is 4. The van der Waals surface area contributed by atoms with Crippen molar-refractivity contribution in [2.45, 2.75) is 26.2 Å². The molecule has 0 saturated carbocycles. The number of aromatic nitrogens is 3. The molecule has 0 bridgehead atoms. The molecule has 5 nitrogen and oxygen atoms in total. The van der Waals surface area contributed by atoms with Crippen LogP contribution in [0.4, 0.5) is 0 Å². The van der Waals surface area contributed by atoms with Gasteiger partial charge in [-0.3, -0.25) is 4.98 Å². The predicted octanol–water partition coefficient (Wildman–Crippen LogP) is 6.00. The Hall–Kier alpha value is -3.73. The van der Waals surface area contributed by atoms with Crippen molar-refractivity contribution in [2.75, 3.05) is 0 Å². The predicted molar refractivity (Wildman–Crippen MR) is 118 cm³/mol. The summed E-state index contributed by atoms with van der Waals surface area (Å²) < 4.78 is 5.83. The fraction of sp³-hybridized carbons (Fsp3) is 0.160. The molecular formula is C25H23N3O2. The van der Waals surface area contributed by atoms with Gasteiger partial charge in [-0.1, -0.05) is 45.0 Å². The highest BCUT2D eigenvalue weighted by atomic mass is 16.5. The van der Waals surface area contributed by atoms with Crippen LogP contribution in [0.2, 0.25) is 0 Å². The minimum absolute atomic E-state index is 0.0371. The summed E-state index contributed by atoms with van der Waals surface area (Å²) >= 11 is 0. The first-order chi connectivity index (χ1) is 14.4. The SMILES string of the molecule is CC(C)(C)c1ccc(O)c(-c2cncc(-c3cccc(Oc4ccccn4)c3)n2)c1. The van der Waals surface area contributed by atoms with E-state index in [1.165, 1.54) is 0 Å². The van der Waals surface area contributed by atoms with Crippen LogP contribution < -0.4 is 4.74 Å². The van der Waals surface area contributed by atoms with E-state index in [1.54, 1.807) is 30.7 Å². The second-order valence-electron chi connectivity index (χ2n) is 8.07. The van der Waals surface area contributed by atoms with E-state index >= 15 is 0 Å². The number of ether oxygens (including phenoxy) is 1. The van der Waals surface area contributed by atoms with Gasteiger partial charge in [-0.15, -0.1) is 0 Å². The number of phenols is 1. The maximum atomic E-state index is 10.4. The smallest absolute Gasteiger partial charge is 0.219 e. The molecular weight excluding hydrogens is 374 g/mol. The van der Waals surface area contributed by atoms with E-state index in [0.29, 0.717) is 28.6 Å². The molecule has 2 aromatic carbocycles. The number of hydrogen-bond acceptors (Lipinski definition) is 5. The van der Waals surface area contributed by atoms with Gasteiger partial charge in [0.15, 0.2) is 0 Å². The van der Waals surface area contributed by atoms with E-state index in [-0.39, 0.29) is 11.2 Å². The second kappa shape index (κ2) is 7.95. The lowest BCUT2D eigenvalue weighted by Gasteiger charge is -2.20. The highest BCUT2D eigenvalue weighted by Crippen LogP contribution is 2.34. The van der Waals surface area contributed by atoms with Crippen molar-refractivity contribution in [2.24, 2.45) is 0 Å². The standard InChI is InChI=1S/C25H23N3O2/c1-25(2,3)18-10-11-23(29)20(14-18)22-16-26-15-21(28-22)17-7-6-8-19(13-17)30-24-9-4-5-12-27-24/h4-16,29H,1-3H3. The van der Waals surface area contributed by atoms with Gasteiger partial charge >= 0.3 is 0 Å². The Labute approximate surface area is 176 Å². The Morgan fingerprint density at radius 3 is 2.47 bits per heavy atom. The van der Waals surface area contributed by atoms with Gasteiger partial charge in [0, 0.05) is 23.4 Å². The Balaban J connectivity index is 1.69. The molecule has 1 N–H and O–H groups in total. The maximum Gasteiger partial charge on any atom is 0.219 e. The molecule has 2 aromatic heterocycles. The van der Waals surface area contributed by atoms with Crippen LogP contribution in [0, 0.1) is 0 Å². The third-order valence-electron chi connectivity index (χ3n) is 4.76. The van der Waals surface area contributed by atoms with Gasteiger partial charge in [0.25, 0.3) is 0 Å². The average Bonchev–Trinajstić information content (AvgIpc) is 2.74. The lowest BCUT2D eigenvalue weighted by atomic mass is 9.85. The van der Waals surface area contributed by atoms with Gasteiger partial charge in [0.2, 0.25) is 5.88 Å². The Bertz CT molecular complexity index is 1170. The molecule has 30 heavy (non-hydrogen) atoms. The molecule has 0 atom stereocenters. The molecule has 2 heterocycles. The number of phenolic OH excluding ortho intramolecular Hbond substituents is 1. The van der Waals surface area contributed by atoms with Crippen molar-refractivity contribution < 1.29 is 9.84 Å². The third kappa shape index (κ3) is 4.30. The minimum atomic E-state index is -0.0371. The van der Waals surface area contributed by atoms with Gasteiger partial charge < -0.3 is 9.84 Å². The second-order valence-corrected chi connectivity index (χ2v) is 8.07. The first-order valence-electron chi connectivity index (χ1n) is 9.75. The Kier molecular flexibility index (Phi) is 5.19. The van der Waals surface area contributed by atoms with Crippen molar-refractivity contribution in [1.82, 2.24) is 15.0 Å². The van der Waals surface area contributed by atoms with Crippen molar-refractivity contribution >= 4 is 0 Å². The molecule has 4 rings (SSSR count). The zero-order valence-corrected chi connectivity index (χ0v) is 17.2. The highest BCUT2D eigenvalue weighted by molar-refractivity contribution is 5.70. The summed E-state index contributed by atoms with van der Waals surface area (Å²) in [5, 5.41) is 10.4. The van der Waals surface area contributed by atoms with Gasteiger partial charge in [-0.05, 0) is 41.3 Å². The fourth-order valence-corrected chi connectivity index (χ4v) is 3.09. The molecule has 4 aromatic rings. The van der Waals surface area contributed by atoms with E-state index in [0.717, 1.165) is 11.1 Å². The molecule has 0 aliphatic carbocycles. The summed E-state index contributed by atoms with van der Waals surface area (Å²) in [5.74, 6) is 1.37. The van der Waals surface area contributed by atoms with Gasteiger partial charge in [-0.2, -0.15) is 0 Å². The first-order valence-corrected chi connectivity index (χ1v) is 9.75. The van der Waals surface area contributed by atoms with E-state index < -0.39 is 0 Å². The van der Waals surface area contributed by atoms with Gasteiger partial charge in [-0.25, -0.2) is 9.97 Å². The lowest BCUT2D eigenvalue weighted by molar-refractivity contribution is 0.463. The summed E-state index contributed by atoms with van der Waals surface area (Å²) in [5.41, 5.74) is 3.92. The van der Waals surface area contributed by atoms with Crippen LogP contribution >= 0.6 is 0 Å². The molecule has 0 radical (unpaired) electrons. The lowest BCUT2D eigenvalue weighted by Crippen LogP contribution is -2.10. The van der Waals surface area contributed by atoms with Crippen LogP contribution in [0.3, 0.4) is 0 Å². The van der Waals surface area contributed by atoms with Crippen LogP contribution in [0.1, 0.15) is 26.3 Å². The van der Waals surface area contributed by atoms with Crippen LogP contribution in [0.5, 0.6) is 17.4 Å². The monoisotopic (exact) mass is 397 g/mol. The van der Waals surface area contributed by atoms with E-state index in [9.17, 15) is 5.11 Å². The van der Waals surface area contributed by atoms with Crippen molar-refractivity contribution in [1.29, 1.82) is 0 Å². The zero-order chi connectivity index (χ0) is 21.1. The van der Waals surface area contributed by atoms with Gasteiger partial charge in [0.1, 0.15) is 11.5 Å². The highest BCUT2D eigenvalue weighted by Gasteiger charge is 2.17. The average molecular weight is 397 g/mol.